The number of ether oxygens (including phenoxy) is 1. The highest BCUT2D eigenvalue weighted by atomic mass is 19.1. The second-order valence-corrected chi connectivity index (χ2v) is 10.0. The van der Waals surface area contributed by atoms with Crippen molar-refractivity contribution in [1.29, 1.82) is 0 Å². The average molecular weight is 560 g/mol. The van der Waals surface area contributed by atoms with Crippen molar-refractivity contribution in [2.75, 3.05) is 44.5 Å². The van der Waals surface area contributed by atoms with Crippen LogP contribution in [0.3, 0.4) is 0 Å². The van der Waals surface area contributed by atoms with Gasteiger partial charge in [0.15, 0.2) is 5.82 Å². The van der Waals surface area contributed by atoms with Crippen LogP contribution < -0.4 is 20.7 Å². The molecule has 212 valence electrons. The zero-order valence-electron chi connectivity index (χ0n) is 23.1. The van der Waals surface area contributed by atoms with Gasteiger partial charge in [0.2, 0.25) is 0 Å². The molecular formula is C30H31F2N7O2. The van der Waals surface area contributed by atoms with Crippen LogP contribution in [0, 0.1) is 11.6 Å². The van der Waals surface area contributed by atoms with Gasteiger partial charge in [-0.15, -0.1) is 0 Å². The smallest absolute Gasteiger partial charge is 0.256 e. The Bertz CT molecular complexity index is 1580. The van der Waals surface area contributed by atoms with E-state index in [-0.39, 0.29) is 23.0 Å². The molecule has 0 radical (unpaired) electrons. The summed E-state index contributed by atoms with van der Waals surface area (Å²) in [6, 6.07) is 12.6. The number of carbonyl (C=O) groups is 1. The molecular weight excluding hydrogens is 528 g/mol. The molecule has 1 atom stereocenters. The summed E-state index contributed by atoms with van der Waals surface area (Å²) in [5.41, 5.74) is 8.55. The van der Waals surface area contributed by atoms with E-state index in [1.807, 2.05) is 6.07 Å². The van der Waals surface area contributed by atoms with Crippen LogP contribution in [0.25, 0.3) is 22.5 Å². The summed E-state index contributed by atoms with van der Waals surface area (Å²) in [6.45, 7) is 1.40. The number of amides is 1. The van der Waals surface area contributed by atoms with Crippen molar-refractivity contribution >= 4 is 23.2 Å². The third-order valence-corrected chi connectivity index (χ3v) is 6.93. The number of hydrogen-bond donors (Lipinski definition) is 2. The quantitative estimate of drug-likeness (QED) is 0.330. The van der Waals surface area contributed by atoms with Gasteiger partial charge in [0.25, 0.3) is 5.91 Å². The molecule has 0 saturated carbocycles. The second-order valence-electron chi connectivity index (χ2n) is 10.0. The second kappa shape index (κ2) is 11.8. The van der Waals surface area contributed by atoms with Gasteiger partial charge in [-0.25, -0.2) is 23.7 Å². The van der Waals surface area contributed by atoms with E-state index in [2.05, 4.69) is 25.2 Å². The minimum atomic E-state index is -0.609. The van der Waals surface area contributed by atoms with E-state index < -0.39 is 17.5 Å². The molecule has 41 heavy (non-hydrogen) atoms. The van der Waals surface area contributed by atoms with Gasteiger partial charge in [-0.2, -0.15) is 0 Å². The van der Waals surface area contributed by atoms with E-state index in [0.29, 0.717) is 35.1 Å². The summed E-state index contributed by atoms with van der Waals surface area (Å²) in [4.78, 5) is 29.1. The molecule has 1 fully saturated rings. The lowest BCUT2D eigenvalue weighted by Crippen LogP contribution is -2.43. The summed E-state index contributed by atoms with van der Waals surface area (Å²) in [5, 5.41) is 3.18. The highest BCUT2D eigenvalue weighted by Crippen LogP contribution is 2.36. The Morgan fingerprint density at radius 2 is 1.93 bits per heavy atom. The molecule has 1 amide bonds. The number of carbonyl (C=O) groups excluding carboxylic acids is 1. The number of nitrogens with two attached hydrogens (primary N) is 1. The van der Waals surface area contributed by atoms with Gasteiger partial charge in [0.05, 0.1) is 18.2 Å². The standard InChI is InChI=1S/C30H31F2N7O2/c1-38(2)30(40)20-10-9-18(14-23(20)32)21-16-35-27(15-24(21)39-13-5-6-19(33)17-39)36-26-11-12-34-29(37-26)28-22(31)7-4-8-25(28)41-3/h4,7-12,14-16,19H,5-6,13,17,33H2,1-3H3,(H,34,35,36,37)/t19-/m0/s1. The van der Waals surface area contributed by atoms with Crippen LogP contribution in [0.5, 0.6) is 5.75 Å². The molecule has 2 aromatic heterocycles. The van der Waals surface area contributed by atoms with Gasteiger partial charge in [-0.1, -0.05) is 12.1 Å². The molecule has 0 unspecified atom stereocenters. The van der Waals surface area contributed by atoms with Crippen molar-refractivity contribution in [1.82, 2.24) is 19.9 Å². The van der Waals surface area contributed by atoms with Crippen molar-refractivity contribution < 1.29 is 18.3 Å². The molecule has 2 aromatic carbocycles. The Hall–Kier alpha value is -4.64. The van der Waals surface area contributed by atoms with Gasteiger partial charge < -0.3 is 25.6 Å². The SMILES string of the molecule is COc1cccc(F)c1-c1nccc(Nc2cc(N3CCC[C@H](N)C3)c(-c3ccc(C(=O)N(C)C)c(F)c3)cn2)n1. The number of nitrogens with zero attached hydrogens (tertiary/aromatic N) is 5. The maximum absolute atomic E-state index is 15.0. The van der Waals surface area contributed by atoms with Crippen molar-refractivity contribution in [3.63, 3.8) is 0 Å². The molecule has 0 spiro atoms. The molecule has 3 heterocycles. The normalized spacial score (nSPS) is 15.0. The third-order valence-electron chi connectivity index (χ3n) is 6.93. The van der Waals surface area contributed by atoms with Crippen LogP contribution in [0.15, 0.2) is 60.9 Å². The predicted octanol–water partition coefficient (Wildman–Crippen LogP) is 4.87. The lowest BCUT2D eigenvalue weighted by atomic mass is 10.00. The molecule has 1 aliphatic heterocycles. The zero-order valence-corrected chi connectivity index (χ0v) is 23.1. The Labute approximate surface area is 237 Å². The fraction of sp³-hybridized carbons (Fsp3) is 0.267. The lowest BCUT2D eigenvalue weighted by molar-refractivity contribution is 0.0823. The molecule has 1 aliphatic rings. The van der Waals surface area contributed by atoms with E-state index in [9.17, 15) is 9.18 Å². The highest BCUT2D eigenvalue weighted by Gasteiger charge is 2.23. The number of hydrogen-bond acceptors (Lipinski definition) is 8. The summed E-state index contributed by atoms with van der Waals surface area (Å²) in [5.74, 6) is -0.163. The number of anilines is 3. The lowest BCUT2D eigenvalue weighted by Gasteiger charge is -2.34. The number of halogens is 2. The van der Waals surface area contributed by atoms with Crippen molar-refractivity contribution in [3.05, 3.63) is 78.1 Å². The average Bonchev–Trinajstić information content (AvgIpc) is 2.96. The molecule has 11 heteroatoms. The maximum atomic E-state index is 15.0. The van der Waals surface area contributed by atoms with Crippen molar-refractivity contribution in [2.24, 2.45) is 5.73 Å². The molecule has 0 aliphatic carbocycles. The minimum absolute atomic E-state index is 0.00169. The van der Waals surface area contributed by atoms with Gasteiger partial charge in [0, 0.05) is 62.9 Å². The molecule has 3 N–H and O–H groups in total. The fourth-order valence-electron chi connectivity index (χ4n) is 4.89. The van der Waals surface area contributed by atoms with Crippen molar-refractivity contribution in [2.45, 2.75) is 18.9 Å². The number of nitrogens with one attached hydrogen (secondary N) is 1. The minimum Gasteiger partial charge on any atom is -0.496 e. The molecule has 0 bridgehead atoms. The Balaban J connectivity index is 1.51. The predicted molar refractivity (Wildman–Crippen MR) is 154 cm³/mol. The first-order valence-electron chi connectivity index (χ1n) is 13.2. The van der Waals surface area contributed by atoms with Gasteiger partial charge in [0.1, 0.15) is 29.0 Å². The Morgan fingerprint density at radius 3 is 2.66 bits per heavy atom. The maximum Gasteiger partial charge on any atom is 0.256 e. The highest BCUT2D eigenvalue weighted by molar-refractivity contribution is 5.95. The third kappa shape index (κ3) is 5.94. The van der Waals surface area contributed by atoms with E-state index in [4.69, 9.17) is 10.5 Å². The number of pyridine rings is 1. The number of rotatable bonds is 7. The number of benzene rings is 2. The van der Waals surface area contributed by atoms with Crippen LogP contribution in [0.4, 0.5) is 26.1 Å². The first-order valence-corrected chi connectivity index (χ1v) is 13.2. The Morgan fingerprint density at radius 1 is 1.10 bits per heavy atom. The molecule has 4 aromatic rings. The monoisotopic (exact) mass is 559 g/mol. The van der Waals surface area contributed by atoms with Gasteiger partial charge >= 0.3 is 0 Å². The van der Waals surface area contributed by atoms with E-state index >= 15 is 4.39 Å². The zero-order chi connectivity index (χ0) is 29.1. The Kier molecular flexibility index (Phi) is 8.06. The number of methoxy groups -OCH3 is 1. The van der Waals surface area contributed by atoms with E-state index in [1.165, 1.54) is 36.4 Å². The van der Waals surface area contributed by atoms with Crippen LogP contribution in [-0.2, 0) is 0 Å². The van der Waals surface area contributed by atoms with Crippen molar-refractivity contribution in [3.8, 4) is 28.3 Å². The summed E-state index contributed by atoms with van der Waals surface area (Å²) in [6.07, 6.45) is 5.01. The number of piperidine rings is 1. The summed E-state index contributed by atoms with van der Waals surface area (Å²) < 4.78 is 35.0. The van der Waals surface area contributed by atoms with Crippen LogP contribution in [0.2, 0.25) is 0 Å². The van der Waals surface area contributed by atoms with Crippen LogP contribution in [0.1, 0.15) is 23.2 Å². The molecule has 5 rings (SSSR count). The van der Waals surface area contributed by atoms with Crippen LogP contribution in [-0.4, -0.2) is 66.1 Å². The topological polar surface area (TPSA) is 109 Å². The summed E-state index contributed by atoms with van der Waals surface area (Å²) >= 11 is 0. The molecule has 9 nitrogen and oxygen atoms in total. The van der Waals surface area contributed by atoms with E-state index in [1.54, 1.807) is 44.6 Å². The number of aromatic nitrogens is 3. The van der Waals surface area contributed by atoms with E-state index in [0.717, 1.165) is 25.1 Å². The first kappa shape index (κ1) is 27.9. The first-order chi connectivity index (χ1) is 19.7. The summed E-state index contributed by atoms with van der Waals surface area (Å²) in [7, 11) is 4.62. The van der Waals surface area contributed by atoms with Crippen LogP contribution >= 0.6 is 0 Å². The fourth-order valence-corrected chi connectivity index (χ4v) is 4.89. The van der Waals surface area contributed by atoms with Gasteiger partial charge in [-0.05, 0) is 48.7 Å². The molecule has 1 saturated heterocycles. The largest absolute Gasteiger partial charge is 0.496 e. The van der Waals surface area contributed by atoms with Gasteiger partial charge in [-0.3, -0.25) is 4.79 Å².